The Morgan fingerprint density at radius 1 is 1.54 bits per heavy atom. The van der Waals surface area contributed by atoms with E-state index in [0.717, 1.165) is 0 Å². The summed E-state index contributed by atoms with van der Waals surface area (Å²) in [6.45, 7) is 0.187. The zero-order valence-corrected chi connectivity index (χ0v) is 7.87. The van der Waals surface area contributed by atoms with Crippen LogP contribution in [0.2, 0.25) is 0 Å². The first-order valence-corrected chi connectivity index (χ1v) is 4.48. The summed E-state index contributed by atoms with van der Waals surface area (Å²) in [4.78, 5) is 0. The van der Waals surface area contributed by atoms with Crippen LogP contribution in [-0.4, -0.2) is 23.7 Å². The number of anilines is 1. The second-order valence-electron chi connectivity index (χ2n) is 2.69. The number of hydrogen-bond acceptors (Lipinski definition) is 3. The predicted octanol–water partition coefficient (Wildman–Crippen LogP) is 1.25. The molecule has 1 rings (SSSR count). The van der Waals surface area contributed by atoms with Gasteiger partial charge in [-0.1, -0.05) is 6.07 Å². The van der Waals surface area contributed by atoms with Crippen LogP contribution in [0.1, 0.15) is 0 Å². The highest BCUT2D eigenvalue weighted by Gasteiger charge is 2.02. The lowest BCUT2D eigenvalue weighted by molar-refractivity contribution is 0.125. The fraction of sp³-hybridized carbons (Fsp3) is 0.333. The Hall–Kier alpha value is -0.930. The minimum Gasteiger partial charge on any atom is -0.491 e. The molecule has 0 aliphatic heterocycles. The van der Waals surface area contributed by atoms with Gasteiger partial charge in [0.2, 0.25) is 0 Å². The highest BCUT2D eigenvalue weighted by molar-refractivity contribution is 6.18. The summed E-state index contributed by atoms with van der Waals surface area (Å²) >= 11 is 5.39. The van der Waals surface area contributed by atoms with Gasteiger partial charge in [-0.15, -0.1) is 11.6 Å². The zero-order valence-electron chi connectivity index (χ0n) is 7.11. The molecule has 0 heterocycles. The molecule has 1 aromatic rings. The van der Waals surface area contributed by atoms with Crippen molar-refractivity contribution in [2.75, 3.05) is 18.2 Å². The molecule has 4 heteroatoms. The van der Waals surface area contributed by atoms with Gasteiger partial charge in [0, 0.05) is 11.8 Å². The van der Waals surface area contributed by atoms with E-state index in [2.05, 4.69) is 0 Å². The van der Waals surface area contributed by atoms with Crippen LogP contribution in [0.5, 0.6) is 5.75 Å². The maximum atomic E-state index is 9.10. The van der Waals surface area contributed by atoms with E-state index in [1.165, 1.54) is 0 Å². The van der Waals surface area contributed by atoms with Crippen LogP contribution in [-0.2, 0) is 0 Å². The van der Waals surface area contributed by atoms with Gasteiger partial charge in [0.25, 0.3) is 0 Å². The van der Waals surface area contributed by atoms with Crippen molar-refractivity contribution in [3.63, 3.8) is 0 Å². The number of hydrogen-bond donors (Lipinski definition) is 2. The lowest BCUT2D eigenvalue weighted by atomic mass is 10.3. The van der Waals surface area contributed by atoms with Crippen molar-refractivity contribution in [2.24, 2.45) is 0 Å². The molecule has 0 aromatic heterocycles. The SMILES string of the molecule is Nc1cccc(OCC(O)CCl)c1. The lowest BCUT2D eigenvalue weighted by Crippen LogP contribution is -2.18. The van der Waals surface area contributed by atoms with Crippen molar-refractivity contribution >= 4 is 17.3 Å². The van der Waals surface area contributed by atoms with E-state index in [9.17, 15) is 0 Å². The Bertz CT molecular complexity index is 268. The molecule has 72 valence electrons. The Morgan fingerprint density at radius 2 is 2.31 bits per heavy atom. The second-order valence-corrected chi connectivity index (χ2v) is 3.00. The molecule has 3 nitrogen and oxygen atoms in total. The third-order valence-corrected chi connectivity index (χ3v) is 1.83. The predicted molar refractivity (Wildman–Crippen MR) is 53.1 cm³/mol. The summed E-state index contributed by atoms with van der Waals surface area (Å²) in [5, 5.41) is 9.10. The maximum Gasteiger partial charge on any atom is 0.121 e. The minimum absolute atomic E-state index is 0.169. The number of aliphatic hydroxyl groups excluding tert-OH is 1. The molecular formula is C9H12ClNO2. The number of alkyl halides is 1. The van der Waals surface area contributed by atoms with Crippen molar-refractivity contribution in [1.29, 1.82) is 0 Å². The van der Waals surface area contributed by atoms with Gasteiger partial charge < -0.3 is 15.6 Å². The smallest absolute Gasteiger partial charge is 0.121 e. The molecule has 0 spiro atoms. The second kappa shape index (κ2) is 4.94. The van der Waals surface area contributed by atoms with Crippen molar-refractivity contribution < 1.29 is 9.84 Å². The molecule has 13 heavy (non-hydrogen) atoms. The number of nitrogen functional groups attached to an aromatic ring is 1. The van der Waals surface area contributed by atoms with Gasteiger partial charge in [0.05, 0.1) is 5.88 Å². The van der Waals surface area contributed by atoms with Crippen molar-refractivity contribution in [1.82, 2.24) is 0 Å². The van der Waals surface area contributed by atoms with Crippen LogP contribution in [0.25, 0.3) is 0 Å². The van der Waals surface area contributed by atoms with E-state index in [4.69, 9.17) is 27.2 Å². The monoisotopic (exact) mass is 201 g/mol. The van der Waals surface area contributed by atoms with Crippen LogP contribution < -0.4 is 10.5 Å². The van der Waals surface area contributed by atoms with E-state index in [1.807, 2.05) is 0 Å². The third-order valence-electron chi connectivity index (χ3n) is 1.48. The van der Waals surface area contributed by atoms with E-state index in [-0.39, 0.29) is 12.5 Å². The highest BCUT2D eigenvalue weighted by atomic mass is 35.5. The van der Waals surface area contributed by atoms with E-state index in [1.54, 1.807) is 24.3 Å². The number of rotatable bonds is 4. The van der Waals surface area contributed by atoms with Crippen molar-refractivity contribution in [3.8, 4) is 5.75 Å². The fourth-order valence-electron chi connectivity index (χ4n) is 0.841. The molecule has 0 aliphatic carbocycles. The number of halogens is 1. The number of aliphatic hydroxyl groups is 1. The summed E-state index contributed by atoms with van der Waals surface area (Å²) in [6.07, 6.45) is -0.636. The molecule has 0 amide bonds. The molecule has 3 N–H and O–H groups in total. The summed E-state index contributed by atoms with van der Waals surface area (Å²) in [6, 6.07) is 7.03. The quantitative estimate of drug-likeness (QED) is 0.570. The average Bonchev–Trinajstić information content (AvgIpc) is 2.14. The van der Waals surface area contributed by atoms with Gasteiger partial charge >= 0.3 is 0 Å². The Kier molecular flexibility index (Phi) is 3.86. The van der Waals surface area contributed by atoms with Crippen molar-refractivity contribution in [3.05, 3.63) is 24.3 Å². The molecule has 0 saturated heterocycles. The normalized spacial score (nSPS) is 12.5. The number of nitrogens with two attached hydrogens (primary N) is 1. The topological polar surface area (TPSA) is 55.5 Å². The van der Waals surface area contributed by atoms with E-state index in [0.29, 0.717) is 11.4 Å². The molecule has 0 bridgehead atoms. The van der Waals surface area contributed by atoms with Crippen molar-refractivity contribution in [2.45, 2.75) is 6.10 Å². The molecule has 0 fully saturated rings. The molecule has 1 aromatic carbocycles. The van der Waals surface area contributed by atoms with Gasteiger partial charge in [0.1, 0.15) is 18.5 Å². The molecule has 0 aliphatic rings. The molecule has 1 atom stereocenters. The first-order chi connectivity index (χ1) is 6.22. The Balaban J connectivity index is 2.45. The first kappa shape index (κ1) is 10.2. The van der Waals surface area contributed by atoms with Crippen LogP contribution in [0.3, 0.4) is 0 Å². The van der Waals surface area contributed by atoms with Crippen LogP contribution >= 0.6 is 11.6 Å². The standard InChI is InChI=1S/C9H12ClNO2/c10-5-8(12)6-13-9-3-1-2-7(11)4-9/h1-4,8,12H,5-6,11H2. The van der Waals surface area contributed by atoms with Gasteiger partial charge in [0.15, 0.2) is 0 Å². The Labute approximate surface area is 82.1 Å². The third kappa shape index (κ3) is 3.53. The van der Waals surface area contributed by atoms with Gasteiger partial charge in [-0.3, -0.25) is 0 Å². The summed E-state index contributed by atoms with van der Waals surface area (Å²) in [5.74, 6) is 0.812. The van der Waals surface area contributed by atoms with Crippen LogP contribution in [0.15, 0.2) is 24.3 Å². The summed E-state index contributed by atoms with van der Waals surface area (Å²) < 4.78 is 5.23. The minimum atomic E-state index is -0.636. The Morgan fingerprint density at radius 3 is 2.92 bits per heavy atom. The lowest BCUT2D eigenvalue weighted by Gasteiger charge is -2.09. The van der Waals surface area contributed by atoms with Gasteiger partial charge in [-0.25, -0.2) is 0 Å². The average molecular weight is 202 g/mol. The number of ether oxygens (including phenoxy) is 1. The number of benzene rings is 1. The molecular weight excluding hydrogens is 190 g/mol. The fourth-order valence-corrected chi connectivity index (χ4v) is 0.930. The summed E-state index contributed by atoms with van der Waals surface area (Å²) in [7, 11) is 0. The molecule has 0 radical (unpaired) electrons. The summed E-state index contributed by atoms with van der Waals surface area (Å²) in [5.41, 5.74) is 6.17. The van der Waals surface area contributed by atoms with Crippen LogP contribution in [0, 0.1) is 0 Å². The van der Waals surface area contributed by atoms with E-state index < -0.39 is 6.10 Å². The molecule has 1 unspecified atom stereocenters. The zero-order chi connectivity index (χ0) is 9.68. The first-order valence-electron chi connectivity index (χ1n) is 3.94. The largest absolute Gasteiger partial charge is 0.491 e. The van der Waals surface area contributed by atoms with E-state index >= 15 is 0 Å². The highest BCUT2D eigenvalue weighted by Crippen LogP contribution is 2.14. The van der Waals surface area contributed by atoms with Gasteiger partial charge in [-0.2, -0.15) is 0 Å². The van der Waals surface area contributed by atoms with Gasteiger partial charge in [-0.05, 0) is 12.1 Å². The van der Waals surface area contributed by atoms with Crippen LogP contribution in [0.4, 0.5) is 5.69 Å². The maximum absolute atomic E-state index is 9.10. The molecule has 0 saturated carbocycles.